The molecule has 62 valence electrons. The van der Waals surface area contributed by atoms with Crippen LogP contribution in [0.15, 0.2) is 29.3 Å². The summed E-state index contributed by atoms with van der Waals surface area (Å²) in [6.45, 7) is 0. The average Bonchev–Trinajstić information content (AvgIpc) is 2.05. The molecular formula is C9H8BrNO. The van der Waals surface area contributed by atoms with Gasteiger partial charge in [0.25, 0.3) is 0 Å². The number of nitrogens with two attached hydrogens (primary N) is 1. The lowest BCUT2D eigenvalue weighted by molar-refractivity contribution is 0.1000. The first kappa shape index (κ1) is 9.00. The summed E-state index contributed by atoms with van der Waals surface area (Å²) in [5, 5.41) is 0. The minimum Gasteiger partial charge on any atom is -0.366 e. The second-order valence-corrected chi connectivity index (χ2v) is 2.77. The third-order valence-corrected chi connectivity index (χ3v) is 1.73. The maximum Gasteiger partial charge on any atom is 0.249 e. The highest BCUT2D eigenvalue weighted by Crippen LogP contribution is 2.10. The van der Waals surface area contributed by atoms with E-state index in [0.717, 1.165) is 5.56 Å². The van der Waals surface area contributed by atoms with Crippen LogP contribution in [0.1, 0.15) is 15.9 Å². The van der Waals surface area contributed by atoms with Crippen molar-refractivity contribution >= 4 is 27.9 Å². The Hall–Kier alpha value is -1.09. The molecule has 0 aromatic heterocycles. The first-order valence-electron chi connectivity index (χ1n) is 3.41. The predicted octanol–water partition coefficient (Wildman–Crippen LogP) is 2.15. The molecule has 0 saturated carbocycles. The molecule has 0 unspecified atom stereocenters. The quantitative estimate of drug-likeness (QED) is 0.824. The highest BCUT2D eigenvalue weighted by molar-refractivity contribution is 9.11. The topological polar surface area (TPSA) is 43.1 Å². The number of primary amides is 1. The molecule has 0 fully saturated rings. The summed E-state index contributed by atoms with van der Waals surface area (Å²) in [6, 6.07) is 7.17. The summed E-state index contributed by atoms with van der Waals surface area (Å²) >= 11 is 3.14. The molecule has 0 aliphatic heterocycles. The molecule has 0 heterocycles. The fourth-order valence-corrected chi connectivity index (χ4v) is 1.22. The molecule has 1 amide bonds. The Morgan fingerprint density at radius 2 is 2.08 bits per heavy atom. The van der Waals surface area contributed by atoms with Crippen LogP contribution in [0.5, 0.6) is 0 Å². The Labute approximate surface area is 79.2 Å². The van der Waals surface area contributed by atoms with E-state index in [0.29, 0.717) is 5.56 Å². The lowest BCUT2D eigenvalue weighted by atomic mass is 10.1. The number of benzene rings is 1. The summed E-state index contributed by atoms with van der Waals surface area (Å²) in [5.41, 5.74) is 6.51. The molecule has 0 radical (unpaired) electrons. The molecule has 12 heavy (non-hydrogen) atoms. The fraction of sp³-hybridized carbons (Fsp3) is 0. The van der Waals surface area contributed by atoms with Crippen LogP contribution in [0, 0.1) is 0 Å². The van der Waals surface area contributed by atoms with Crippen LogP contribution < -0.4 is 5.73 Å². The van der Waals surface area contributed by atoms with E-state index in [9.17, 15) is 4.79 Å². The number of halogens is 1. The Balaban J connectivity index is 3.17. The van der Waals surface area contributed by atoms with Gasteiger partial charge in [0.2, 0.25) is 5.91 Å². The first-order chi connectivity index (χ1) is 5.75. The molecule has 2 N–H and O–H groups in total. The van der Waals surface area contributed by atoms with Crippen LogP contribution >= 0.6 is 15.9 Å². The summed E-state index contributed by atoms with van der Waals surface area (Å²) in [7, 11) is 0. The Morgan fingerprint density at radius 1 is 1.42 bits per heavy atom. The molecular weight excluding hydrogens is 218 g/mol. The van der Waals surface area contributed by atoms with Crippen LogP contribution in [0.25, 0.3) is 6.08 Å². The highest BCUT2D eigenvalue weighted by Gasteiger charge is 2.02. The first-order valence-corrected chi connectivity index (χ1v) is 4.33. The number of hydrogen-bond donors (Lipinski definition) is 1. The normalized spacial score (nSPS) is 10.4. The largest absolute Gasteiger partial charge is 0.366 e. The second-order valence-electron chi connectivity index (χ2n) is 2.24. The minimum absolute atomic E-state index is 0.406. The van der Waals surface area contributed by atoms with Gasteiger partial charge in [0.1, 0.15) is 0 Å². The van der Waals surface area contributed by atoms with E-state index in [-0.39, 0.29) is 0 Å². The number of hydrogen-bond acceptors (Lipinski definition) is 1. The molecule has 3 heteroatoms. The smallest absolute Gasteiger partial charge is 0.249 e. The minimum atomic E-state index is -0.406. The van der Waals surface area contributed by atoms with Gasteiger partial charge in [0.15, 0.2) is 0 Å². The molecule has 2 nitrogen and oxygen atoms in total. The number of rotatable bonds is 2. The molecule has 1 rings (SSSR count). The SMILES string of the molecule is NC(=O)c1ccccc1/C=C/Br. The van der Waals surface area contributed by atoms with Crippen LogP contribution in [-0.4, -0.2) is 5.91 Å². The van der Waals surface area contributed by atoms with Gasteiger partial charge in [-0.2, -0.15) is 0 Å². The van der Waals surface area contributed by atoms with Crippen molar-refractivity contribution < 1.29 is 4.79 Å². The molecule has 0 aliphatic rings. The highest BCUT2D eigenvalue weighted by atomic mass is 79.9. The number of carbonyl (C=O) groups excluding carboxylic acids is 1. The van der Waals surface area contributed by atoms with Crippen LogP contribution in [0.2, 0.25) is 0 Å². The van der Waals surface area contributed by atoms with E-state index in [1.807, 2.05) is 12.1 Å². The zero-order chi connectivity index (χ0) is 8.97. The molecule has 0 aliphatic carbocycles. The summed E-state index contributed by atoms with van der Waals surface area (Å²) in [4.78, 5) is 12.6. The fourth-order valence-electron chi connectivity index (χ4n) is 0.935. The van der Waals surface area contributed by atoms with Crippen LogP contribution in [0.3, 0.4) is 0 Å². The summed E-state index contributed by atoms with van der Waals surface area (Å²) in [6.07, 6.45) is 1.78. The zero-order valence-electron chi connectivity index (χ0n) is 6.33. The van der Waals surface area contributed by atoms with E-state index in [2.05, 4.69) is 15.9 Å². The molecule has 1 aromatic rings. The van der Waals surface area contributed by atoms with Crippen molar-refractivity contribution in [2.75, 3.05) is 0 Å². The van der Waals surface area contributed by atoms with E-state index >= 15 is 0 Å². The molecule has 0 saturated heterocycles. The Morgan fingerprint density at radius 3 is 2.67 bits per heavy atom. The second kappa shape index (κ2) is 4.07. The molecule has 0 atom stereocenters. The standard InChI is InChI=1S/C9H8BrNO/c10-6-5-7-3-1-2-4-8(7)9(11)12/h1-6H,(H2,11,12)/b6-5+. The van der Waals surface area contributed by atoms with Gasteiger partial charge in [-0.1, -0.05) is 34.1 Å². The van der Waals surface area contributed by atoms with Gasteiger partial charge in [0, 0.05) is 5.56 Å². The number of amides is 1. The van der Waals surface area contributed by atoms with Gasteiger partial charge >= 0.3 is 0 Å². The van der Waals surface area contributed by atoms with Crippen LogP contribution in [0.4, 0.5) is 0 Å². The van der Waals surface area contributed by atoms with Crippen molar-refractivity contribution in [1.29, 1.82) is 0 Å². The van der Waals surface area contributed by atoms with Gasteiger partial charge in [-0.05, 0) is 22.7 Å². The zero-order valence-corrected chi connectivity index (χ0v) is 7.91. The van der Waals surface area contributed by atoms with E-state index in [1.54, 1.807) is 23.2 Å². The lowest BCUT2D eigenvalue weighted by Crippen LogP contribution is -2.12. The van der Waals surface area contributed by atoms with E-state index in [1.165, 1.54) is 0 Å². The lowest BCUT2D eigenvalue weighted by Gasteiger charge is -1.99. The van der Waals surface area contributed by atoms with Gasteiger partial charge in [-0.3, -0.25) is 4.79 Å². The van der Waals surface area contributed by atoms with Crippen LogP contribution in [-0.2, 0) is 0 Å². The maximum absolute atomic E-state index is 10.9. The summed E-state index contributed by atoms with van der Waals surface area (Å²) in [5.74, 6) is -0.406. The van der Waals surface area contributed by atoms with Gasteiger partial charge < -0.3 is 5.73 Å². The van der Waals surface area contributed by atoms with Crippen molar-refractivity contribution in [1.82, 2.24) is 0 Å². The average molecular weight is 226 g/mol. The van der Waals surface area contributed by atoms with Gasteiger partial charge in [-0.25, -0.2) is 0 Å². The van der Waals surface area contributed by atoms with Crippen molar-refractivity contribution in [3.8, 4) is 0 Å². The molecule has 1 aromatic carbocycles. The van der Waals surface area contributed by atoms with E-state index < -0.39 is 5.91 Å². The van der Waals surface area contributed by atoms with Gasteiger partial charge in [0.05, 0.1) is 0 Å². The van der Waals surface area contributed by atoms with Crippen molar-refractivity contribution in [2.45, 2.75) is 0 Å². The van der Waals surface area contributed by atoms with Crippen molar-refractivity contribution in [2.24, 2.45) is 5.73 Å². The monoisotopic (exact) mass is 225 g/mol. The Kier molecular flexibility index (Phi) is 3.05. The van der Waals surface area contributed by atoms with Crippen molar-refractivity contribution in [3.05, 3.63) is 40.4 Å². The maximum atomic E-state index is 10.9. The Bertz CT molecular complexity index is 320. The molecule has 0 bridgehead atoms. The van der Waals surface area contributed by atoms with Crippen molar-refractivity contribution in [3.63, 3.8) is 0 Å². The summed E-state index contributed by atoms with van der Waals surface area (Å²) < 4.78 is 0. The van der Waals surface area contributed by atoms with Gasteiger partial charge in [-0.15, -0.1) is 0 Å². The molecule has 0 spiro atoms. The van der Waals surface area contributed by atoms with E-state index in [4.69, 9.17) is 5.73 Å². The number of carbonyl (C=O) groups is 1. The predicted molar refractivity (Wildman–Crippen MR) is 52.9 cm³/mol. The third-order valence-electron chi connectivity index (χ3n) is 1.47. The third kappa shape index (κ3) is 1.95.